The van der Waals surface area contributed by atoms with Crippen LogP contribution in [0, 0.1) is 5.41 Å². The molecule has 0 fully saturated rings. The van der Waals surface area contributed by atoms with Gasteiger partial charge in [-0.25, -0.2) is 0 Å². The fourth-order valence-corrected chi connectivity index (χ4v) is 4.71. The molecule has 5 nitrogen and oxygen atoms in total. The van der Waals surface area contributed by atoms with Crippen LogP contribution in [0.15, 0.2) is 78.9 Å². The van der Waals surface area contributed by atoms with Crippen molar-refractivity contribution >= 4 is 11.9 Å². The van der Waals surface area contributed by atoms with Gasteiger partial charge in [0.15, 0.2) is 0 Å². The van der Waals surface area contributed by atoms with E-state index < -0.39 is 34.5 Å². The number of carboxylic acid groups (broad SMARTS) is 1. The van der Waals surface area contributed by atoms with E-state index in [0.29, 0.717) is 0 Å². The molecule has 4 rings (SSSR count). The Bertz CT molecular complexity index is 1180. The maximum atomic E-state index is 13.5. The highest BCUT2D eigenvalue weighted by atomic mass is 16.6. The lowest BCUT2D eigenvalue weighted by Gasteiger charge is -2.41. The van der Waals surface area contributed by atoms with E-state index in [0.717, 1.165) is 27.8 Å². The first-order valence-corrected chi connectivity index (χ1v) is 11.5. The Balaban J connectivity index is 2.00. The summed E-state index contributed by atoms with van der Waals surface area (Å²) in [7, 11) is 0. The second-order valence-corrected chi connectivity index (χ2v) is 10.3. The topological polar surface area (TPSA) is 75.6 Å². The van der Waals surface area contributed by atoms with Crippen molar-refractivity contribution < 1.29 is 19.4 Å². The molecule has 0 bridgehead atoms. The van der Waals surface area contributed by atoms with E-state index in [1.54, 1.807) is 34.6 Å². The highest BCUT2D eigenvalue weighted by Crippen LogP contribution is 2.51. The first-order chi connectivity index (χ1) is 16.0. The summed E-state index contributed by atoms with van der Waals surface area (Å²) in [5.41, 5.74) is 1.79. The quantitative estimate of drug-likeness (QED) is 0.487. The van der Waals surface area contributed by atoms with Gasteiger partial charge < -0.3 is 9.84 Å². The van der Waals surface area contributed by atoms with Crippen molar-refractivity contribution in [3.05, 3.63) is 95.6 Å². The fourth-order valence-electron chi connectivity index (χ4n) is 4.71. The van der Waals surface area contributed by atoms with E-state index >= 15 is 0 Å². The second-order valence-electron chi connectivity index (χ2n) is 10.3. The summed E-state index contributed by atoms with van der Waals surface area (Å²) in [6.45, 7) is 8.46. The summed E-state index contributed by atoms with van der Waals surface area (Å²) < 4.78 is 5.74. The molecular weight excluding hydrogens is 426 g/mol. The van der Waals surface area contributed by atoms with Crippen LogP contribution in [0.4, 0.5) is 0 Å². The molecule has 0 radical (unpaired) electrons. The molecule has 0 saturated heterocycles. The number of carbonyl (C=O) groups is 2. The zero-order chi connectivity index (χ0) is 24.7. The van der Waals surface area contributed by atoms with Crippen LogP contribution in [0.3, 0.4) is 0 Å². The lowest BCUT2D eigenvalue weighted by molar-refractivity contribution is -0.168. The van der Waals surface area contributed by atoms with E-state index in [4.69, 9.17) is 4.74 Å². The third-order valence-corrected chi connectivity index (χ3v) is 6.44. The van der Waals surface area contributed by atoms with E-state index in [1.165, 1.54) is 0 Å². The van der Waals surface area contributed by atoms with Crippen LogP contribution < -0.4 is 5.32 Å². The summed E-state index contributed by atoms with van der Waals surface area (Å²) in [6.07, 6.45) is 0. The zero-order valence-electron chi connectivity index (χ0n) is 20.3. The summed E-state index contributed by atoms with van der Waals surface area (Å²) in [6, 6.07) is 24.8. The van der Waals surface area contributed by atoms with E-state index in [9.17, 15) is 14.7 Å². The molecule has 0 aliphatic heterocycles. The Labute approximate surface area is 200 Å². The molecule has 0 spiro atoms. The van der Waals surface area contributed by atoms with Crippen LogP contribution >= 0.6 is 0 Å². The molecule has 0 unspecified atom stereocenters. The number of nitrogens with one attached hydrogen (secondary N) is 1. The molecule has 0 heterocycles. The van der Waals surface area contributed by atoms with Gasteiger partial charge in [0.05, 0.1) is 11.0 Å². The SMILES string of the molecule is CC(C)(C)OC(=O)[C@H](NC1(c2ccccc2)c2ccccc2-c2ccccc21)C(C)(C)C(=O)O. The lowest BCUT2D eigenvalue weighted by atomic mass is 9.76. The van der Waals surface area contributed by atoms with Crippen LogP contribution in [0.1, 0.15) is 51.3 Å². The van der Waals surface area contributed by atoms with Gasteiger partial charge in [-0.2, -0.15) is 0 Å². The second kappa shape index (κ2) is 8.41. The van der Waals surface area contributed by atoms with Crippen molar-refractivity contribution in [2.24, 2.45) is 5.41 Å². The van der Waals surface area contributed by atoms with Crippen molar-refractivity contribution in [1.29, 1.82) is 0 Å². The van der Waals surface area contributed by atoms with Crippen LogP contribution in [0.25, 0.3) is 11.1 Å². The maximum Gasteiger partial charge on any atom is 0.324 e. The van der Waals surface area contributed by atoms with Gasteiger partial charge in [0.1, 0.15) is 11.6 Å². The molecule has 34 heavy (non-hydrogen) atoms. The first kappa shape index (κ1) is 23.7. The standard InChI is InChI=1S/C29H31NO4/c1-27(2,3)34-25(31)24(28(4,5)26(32)33)30-29(19-13-7-6-8-14-19)22-17-11-9-15-20(22)21-16-10-12-18-23(21)29/h6-18,24,30H,1-5H3,(H,32,33)/t24-/m0/s1. The molecule has 3 aromatic carbocycles. The van der Waals surface area contributed by atoms with Crippen LogP contribution in [-0.4, -0.2) is 28.7 Å². The molecule has 5 heteroatoms. The van der Waals surface area contributed by atoms with E-state index in [-0.39, 0.29) is 0 Å². The average molecular weight is 458 g/mol. The van der Waals surface area contributed by atoms with Crippen molar-refractivity contribution in [2.45, 2.75) is 51.8 Å². The third kappa shape index (κ3) is 3.90. The van der Waals surface area contributed by atoms with Crippen LogP contribution in [0.2, 0.25) is 0 Å². The van der Waals surface area contributed by atoms with E-state index in [2.05, 4.69) is 17.4 Å². The first-order valence-electron chi connectivity index (χ1n) is 11.5. The largest absolute Gasteiger partial charge is 0.481 e. The minimum absolute atomic E-state index is 0.600. The van der Waals surface area contributed by atoms with E-state index in [1.807, 2.05) is 66.7 Å². The summed E-state index contributed by atoms with van der Waals surface area (Å²) >= 11 is 0. The summed E-state index contributed by atoms with van der Waals surface area (Å²) in [5.74, 6) is -1.68. The molecule has 0 amide bonds. The van der Waals surface area contributed by atoms with Gasteiger partial charge in [-0.1, -0.05) is 78.9 Å². The molecule has 1 atom stereocenters. The number of fused-ring (bicyclic) bond motifs is 3. The van der Waals surface area contributed by atoms with Gasteiger partial charge in [0, 0.05) is 0 Å². The normalized spacial score (nSPS) is 15.2. The number of ether oxygens (including phenoxy) is 1. The molecule has 1 aliphatic rings. The summed E-state index contributed by atoms with van der Waals surface area (Å²) in [4.78, 5) is 25.9. The predicted octanol–water partition coefficient (Wildman–Crippen LogP) is 5.37. The van der Waals surface area contributed by atoms with Gasteiger partial charge in [-0.3, -0.25) is 14.9 Å². The number of hydrogen-bond acceptors (Lipinski definition) is 4. The lowest BCUT2D eigenvalue weighted by Crippen LogP contribution is -2.60. The minimum Gasteiger partial charge on any atom is -0.481 e. The highest BCUT2D eigenvalue weighted by molar-refractivity contribution is 5.88. The molecule has 3 aromatic rings. The number of benzene rings is 3. The number of hydrogen-bond donors (Lipinski definition) is 2. The van der Waals surface area contributed by atoms with Gasteiger partial charge in [0.25, 0.3) is 0 Å². The summed E-state index contributed by atoms with van der Waals surface area (Å²) in [5, 5.41) is 13.7. The Kier molecular flexibility index (Phi) is 5.86. The van der Waals surface area contributed by atoms with Crippen molar-refractivity contribution in [3.8, 4) is 11.1 Å². The van der Waals surface area contributed by atoms with Gasteiger partial charge in [0.2, 0.25) is 0 Å². The van der Waals surface area contributed by atoms with Crippen LogP contribution in [0.5, 0.6) is 0 Å². The van der Waals surface area contributed by atoms with Gasteiger partial charge in [-0.15, -0.1) is 0 Å². The maximum absolute atomic E-state index is 13.5. The van der Waals surface area contributed by atoms with Crippen molar-refractivity contribution in [3.63, 3.8) is 0 Å². The fraction of sp³-hybridized carbons (Fsp3) is 0.310. The predicted molar refractivity (Wildman–Crippen MR) is 132 cm³/mol. The molecule has 0 saturated carbocycles. The van der Waals surface area contributed by atoms with Gasteiger partial charge >= 0.3 is 11.9 Å². The smallest absolute Gasteiger partial charge is 0.324 e. The number of carboxylic acids is 1. The molecule has 0 aromatic heterocycles. The number of carbonyl (C=O) groups excluding carboxylic acids is 1. The monoisotopic (exact) mass is 457 g/mol. The van der Waals surface area contributed by atoms with Crippen molar-refractivity contribution in [1.82, 2.24) is 5.32 Å². The number of rotatable bonds is 6. The Hall–Kier alpha value is -3.44. The Morgan fingerprint density at radius 2 is 1.26 bits per heavy atom. The zero-order valence-corrected chi connectivity index (χ0v) is 20.3. The van der Waals surface area contributed by atoms with Gasteiger partial charge in [-0.05, 0) is 62.4 Å². The Morgan fingerprint density at radius 1 is 0.794 bits per heavy atom. The van der Waals surface area contributed by atoms with Crippen molar-refractivity contribution in [2.75, 3.05) is 0 Å². The molecular formula is C29H31NO4. The number of aliphatic carboxylic acids is 1. The minimum atomic E-state index is -1.45. The molecule has 1 aliphatic carbocycles. The Morgan fingerprint density at radius 3 is 1.74 bits per heavy atom. The van der Waals surface area contributed by atoms with Crippen LogP contribution in [-0.2, 0) is 19.9 Å². The highest BCUT2D eigenvalue weighted by Gasteiger charge is 2.52. The third-order valence-electron chi connectivity index (χ3n) is 6.44. The molecule has 2 N–H and O–H groups in total. The number of esters is 1. The molecule has 176 valence electrons. The average Bonchev–Trinajstić information content (AvgIpc) is 3.07.